The van der Waals surface area contributed by atoms with Crippen LogP contribution in [-0.4, -0.2) is 36.0 Å². The van der Waals surface area contributed by atoms with Crippen LogP contribution in [0.4, 0.5) is 0 Å². The van der Waals surface area contributed by atoms with Crippen LogP contribution in [0.15, 0.2) is 29.8 Å². The van der Waals surface area contributed by atoms with Gasteiger partial charge in [-0.05, 0) is 23.8 Å². The topological polar surface area (TPSA) is 82.1 Å². The summed E-state index contributed by atoms with van der Waals surface area (Å²) in [6.07, 6.45) is 1.38. The number of carbonyl (C=O) groups excluding carboxylic acids is 2. The van der Waals surface area contributed by atoms with E-state index in [0.717, 1.165) is 0 Å². The van der Waals surface area contributed by atoms with Crippen molar-refractivity contribution < 1.29 is 28.9 Å². The lowest BCUT2D eigenvalue weighted by molar-refractivity contribution is -0.222. The third kappa shape index (κ3) is 3.82. The first-order valence-electron chi connectivity index (χ1n) is 6.43. The molecule has 0 aliphatic carbocycles. The zero-order chi connectivity index (χ0) is 15.5. The minimum Gasteiger partial charge on any atom is -0.491 e. The molecule has 0 amide bonds. The number of hydrogen-bond acceptors (Lipinski definition) is 6. The molecule has 0 spiro atoms. The molecule has 1 saturated heterocycles. The van der Waals surface area contributed by atoms with Gasteiger partial charge in [-0.1, -0.05) is 12.1 Å². The van der Waals surface area contributed by atoms with Crippen LogP contribution in [0.25, 0.3) is 6.08 Å². The molecule has 0 radical (unpaired) electrons. The molecule has 1 N–H and O–H groups in total. The molecule has 1 aromatic rings. The zero-order valence-electron chi connectivity index (χ0n) is 11.8. The number of rotatable bonds is 4. The van der Waals surface area contributed by atoms with E-state index in [9.17, 15) is 9.59 Å². The molecule has 0 bridgehead atoms. The number of aliphatic hydroxyl groups is 1. The number of aliphatic hydroxyl groups excluding tert-OH is 1. The Labute approximate surface area is 121 Å². The number of esters is 2. The van der Waals surface area contributed by atoms with Crippen molar-refractivity contribution in [3.05, 3.63) is 35.4 Å². The summed E-state index contributed by atoms with van der Waals surface area (Å²) in [4.78, 5) is 23.7. The van der Waals surface area contributed by atoms with Gasteiger partial charge in [0, 0.05) is 13.8 Å². The fraction of sp³-hybridized carbons (Fsp3) is 0.333. The lowest BCUT2D eigenvalue weighted by Crippen LogP contribution is -2.41. The predicted octanol–water partition coefficient (Wildman–Crippen LogP) is 1.28. The first kappa shape index (κ1) is 15.1. The molecule has 6 nitrogen and oxygen atoms in total. The Morgan fingerprint density at radius 1 is 1.24 bits per heavy atom. The Bertz CT molecular complexity index is 566. The van der Waals surface area contributed by atoms with Gasteiger partial charge in [-0.15, -0.1) is 0 Å². The van der Waals surface area contributed by atoms with Crippen LogP contribution >= 0.6 is 0 Å². The van der Waals surface area contributed by atoms with Crippen LogP contribution in [-0.2, 0) is 19.1 Å². The zero-order valence-corrected chi connectivity index (χ0v) is 11.8. The summed E-state index contributed by atoms with van der Waals surface area (Å²) < 4.78 is 15.3. The third-order valence-corrected chi connectivity index (χ3v) is 2.65. The maximum atomic E-state index is 11.8. The van der Waals surface area contributed by atoms with Crippen molar-refractivity contribution in [2.45, 2.75) is 19.6 Å². The minimum atomic E-state index is -1.25. The van der Waals surface area contributed by atoms with Gasteiger partial charge in [-0.3, -0.25) is 0 Å². The van der Waals surface area contributed by atoms with Gasteiger partial charge >= 0.3 is 11.9 Å². The summed E-state index contributed by atoms with van der Waals surface area (Å²) >= 11 is 0. The van der Waals surface area contributed by atoms with E-state index in [1.807, 2.05) is 0 Å². The van der Waals surface area contributed by atoms with E-state index < -0.39 is 17.7 Å². The average Bonchev–Trinajstić information content (AvgIpc) is 2.40. The second-order valence-corrected chi connectivity index (χ2v) is 4.88. The van der Waals surface area contributed by atoms with E-state index >= 15 is 0 Å². The number of ether oxygens (including phenoxy) is 3. The number of hydrogen-bond donors (Lipinski definition) is 1. The Morgan fingerprint density at radius 3 is 2.52 bits per heavy atom. The maximum Gasteiger partial charge on any atom is 0.348 e. The van der Waals surface area contributed by atoms with E-state index in [-0.39, 0.29) is 18.8 Å². The van der Waals surface area contributed by atoms with Crippen LogP contribution in [0, 0.1) is 0 Å². The minimum absolute atomic E-state index is 0.0982. The quantitative estimate of drug-likeness (QED) is 0.511. The monoisotopic (exact) mass is 292 g/mol. The second kappa shape index (κ2) is 5.97. The molecule has 6 heteroatoms. The van der Waals surface area contributed by atoms with E-state index in [2.05, 4.69) is 0 Å². The number of cyclic esters (lactones) is 2. The van der Waals surface area contributed by atoms with Gasteiger partial charge in [0.25, 0.3) is 5.79 Å². The summed E-state index contributed by atoms with van der Waals surface area (Å²) in [5.74, 6) is -2.18. The molecule has 0 saturated carbocycles. The van der Waals surface area contributed by atoms with Crippen LogP contribution in [0.1, 0.15) is 19.4 Å². The van der Waals surface area contributed by atoms with Gasteiger partial charge in [0.15, 0.2) is 0 Å². The van der Waals surface area contributed by atoms with Crippen molar-refractivity contribution in [2.24, 2.45) is 0 Å². The van der Waals surface area contributed by atoms with Crippen molar-refractivity contribution in [2.75, 3.05) is 13.2 Å². The highest BCUT2D eigenvalue weighted by Gasteiger charge is 2.38. The Hall–Kier alpha value is -2.34. The predicted molar refractivity (Wildman–Crippen MR) is 73.3 cm³/mol. The Kier molecular flexibility index (Phi) is 4.28. The molecule has 2 rings (SSSR count). The standard InChI is InChI=1S/C15H16O6/c1-15(2)20-13(17)12(14(18)21-15)9-10-4-3-5-11(8-10)19-7-6-16/h3-5,8-9,16H,6-7H2,1-2H3. The van der Waals surface area contributed by atoms with Gasteiger partial charge in [0.1, 0.15) is 17.9 Å². The third-order valence-electron chi connectivity index (χ3n) is 2.65. The summed E-state index contributed by atoms with van der Waals surface area (Å²) in [5.41, 5.74) is 0.419. The highest BCUT2D eigenvalue weighted by molar-refractivity contribution is 6.18. The van der Waals surface area contributed by atoms with Gasteiger partial charge < -0.3 is 19.3 Å². The SMILES string of the molecule is CC1(C)OC(=O)C(=Cc2cccc(OCCO)c2)C(=O)O1. The Morgan fingerprint density at radius 2 is 1.90 bits per heavy atom. The molecule has 0 atom stereocenters. The molecule has 112 valence electrons. The lowest BCUT2D eigenvalue weighted by atomic mass is 10.1. The molecular formula is C15H16O6. The molecule has 1 heterocycles. The van der Waals surface area contributed by atoms with E-state index in [4.69, 9.17) is 19.3 Å². The van der Waals surface area contributed by atoms with Gasteiger partial charge in [-0.2, -0.15) is 0 Å². The van der Waals surface area contributed by atoms with E-state index in [1.54, 1.807) is 24.3 Å². The summed E-state index contributed by atoms with van der Waals surface area (Å²) in [7, 11) is 0. The molecule has 1 aliphatic rings. The highest BCUT2D eigenvalue weighted by Crippen LogP contribution is 2.25. The lowest BCUT2D eigenvalue weighted by Gasteiger charge is -2.29. The van der Waals surface area contributed by atoms with Crippen molar-refractivity contribution >= 4 is 18.0 Å². The summed E-state index contributed by atoms with van der Waals surface area (Å²) in [6.45, 7) is 3.04. The molecular weight excluding hydrogens is 276 g/mol. The van der Waals surface area contributed by atoms with Gasteiger partial charge in [0.2, 0.25) is 0 Å². The smallest absolute Gasteiger partial charge is 0.348 e. The molecule has 0 unspecified atom stereocenters. The van der Waals surface area contributed by atoms with Crippen LogP contribution in [0.2, 0.25) is 0 Å². The fourth-order valence-corrected chi connectivity index (χ4v) is 1.80. The molecule has 1 fully saturated rings. The Balaban J connectivity index is 2.23. The van der Waals surface area contributed by atoms with Crippen molar-refractivity contribution in [3.63, 3.8) is 0 Å². The van der Waals surface area contributed by atoms with Crippen molar-refractivity contribution in [1.29, 1.82) is 0 Å². The summed E-state index contributed by atoms with van der Waals surface area (Å²) in [5, 5.41) is 8.72. The van der Waals surface area contributed by atoms with Crippen molar-refractivity contribution in [3.8, 4) is 5.75 Å². The highest BCUT2D eigenvalue weighted by atomic mass is 16.7. The normalized spacial score (nSPS) is 17.0. The molecule has 21 heavy (non-hydrogen) atoms. The van der Waals surface area contributed by atoms with Crippen molar-refractivity contribution in [1.82, 2.24) is 0 Å². The largest absolute Gasteiger partial charge is 0.491 e. The first-order chi connectivity index (χ1) is 9.91. The average molecular weight is 292 g/mol. The van der Waals surface area contributed by atoms with E-state index in [0.29, 0.717) is 11.3 Å². The van der Waals surface area contributed by atoms with Crippen LogP contribution < -0.4 is 4.74 Å². The van der Waals surface area contributed by atoms with Crippen LogP contribution in [0.3, 0.4) is 0 Å². The second-order valence-electron chi connectivity index (χ2n) is 4.88. The van der Waals surface area contributed by atoms with Gasteiger partial charge in [0.05, 0.1) is 6.61 Å². The number of benzene rings is 1. The first-order valence-corrected chi connectivity index (χ1v) is 6.43. The fourth-order valence-electron chi connectivity index (χ4n) is 1.80. The molecule has 0 aromatic heterocycles. The maximum absolute atomic E-state index is 11.8. The van der Waals surface area contributed by atoms with Crippen LogP contribution in [0.5, 0.6) is 5.75 Å². The summed E-state index contributed by atoms with van der Waals surface area (Å²) in [6, 6.07) is 6.77. The molecule has 1 aliphatic heterocycles. The number of carbonyl (C=O) groups is 2. The molecule has 1 aromatic carbocycles. The van der Waals surface area contributed by atoms with E-state index in [1.165, 1.54) is 19.9 Å². The van der Waals surface area contributed by atoms with Gasteiger partial charge in [-0.25, -0.2) is 9.59 Å².